The molecule has 0 aliphatic rings. The van der Waals surface area contributed by atoms with Crippen molar-refractivity contribution in [2.75, 3.05) is 17.6 Å². The van der Waals surface area contributed by atoms with Crippen LogP contribution in [0.3, 0.4) is 0 Å². The van der Waals surface area contributed by atoms with Crippen molar-refractivity contribution in [2.45, 2.75) is 11.6 Å². The van der Waals surface area contributed by atoms with Crippen molar-refractivity contribution in [3.05, 3.63) is 35.2 Å². The minimum Gasteiger partial charge on any atom is -0.416 e. The molecule has 0 radical (unpaired) electrons. The Bertz CT molecular complexity index is 590. The maximum absolute atomic E-state index is 11.8. The maximum Gasteiger partial charge on any atom is 0.277 e. The van der Waals surface area contributed by atoms with Gasteiger partial charge in [-0.15, -0.1) is 10.2 Å². The van der Waals surface area contributed by atoms with Gasteiger partial charge in [0.15, 0.2) is 0 Å². The van der Waals surface area contributed by atoms with Gasteiger partial charge in [0.05, 0.1) is 18.7 Å². The lowest BCUT2D eigenvalue weighted by atomic mass is 10.3. The molecule has 2 rings (SSSR count). The Labute approximate surface area is 125 Å². The third-order valence-corrected chi connectivity index (χ3v) is 3.33. The molecule has 0 bridgehead atoms. The van der Waals surface area contributed by atoms with E-state index in [1.165, 1.54) is 11.8 Å². The molecule has 8 heteroatoms. The molecule has 4 N–H and O–H groups in total. The standard InChI is InChI=1S/C12H13ClN4O2S/c13-8-2-1-3-9(6-8)15-10(18)7-20-12-17-16-11(19-12)4-5-14/h1-3,6H,4-5,7,14H2,(H,15,18)/p+1. The lowest BCUT2D eigenvalue weighted by Crippen LogP contribution is -2.51. The molecule has 0 atom stereocenters. The first kappa shape index (κ1) is 14.8. The molecular weight excluding hydrogens is 300 g/mol. The molecule has 0 saturated heterocycles. The van der Waals surface area contributed by atoms with Crippen molar-refractivity contribution < 1.29 is 14.9 Å². The number of benzene rings is 1. The zero-order valence-corrected chi connectivity index (χ0v) is 12.2. The van der Waals surface area contributed by atoms with Gasteiger partial charge in [-0.25, -0.2) is 0 Å². The summed E-state index contributed by atoms with van der Waals surface area (Å²) in [6.45, 7) is 0.696. The minimum absolute atomic E-state index is 0.158. The van der Waals surface area contributed by atoms with Crippen molar-refractivity contribution in [1.82, 2.24) is 10.2 Å². The molecule has 20 heavy (non-hydrogen) atoms. The molecule has 0 aliphatic heterocycles. The molecule has 0 fully saturated rings. The van der Waals surface area contributed by atoms with Crippen molar-refractivity contribution in [3.8, 4) is 0 Å². The van der Waals surface area contributed by atoms with Crippen molar-refractivity contribution in [2.24, 2.45) is 0 Å². The van der Waals surface area contributed by atoms with Gasteiger partial charge in [-0.1, -0.05) is 29.4 Å². The Kier molecular flexibility index (Phi) is 5.40. The highest BCUT2D eigenvalue weighted by molar-refractivity contribution is 7.99. The molecule has 1 amide bonds. The molecule has 0 saturated carbocycles. The van der Waals surface area contributed by atoms with E-state index in [2.05, 4.69) is 21.2 Å². The van der Waals surface area contributed by atoms with Crippen LogP contribution in [-0.2, 0) is 11.2 Å². The first-order valence-corrected chi connectivity index (χ1v) is 7.33. The Morgan fingerprint density at radius 2 is 2.30 bits per heavy atom. The number of nitrogens with one attached hydrogen (secondary N) is 1. The van der Waals surface area contributed by atoms with Crippen molar-refractivity contribution >= 4 is 35.0 Å². The molecule has 1 heterocycles. The molecule has 6 nitrogen and oxygen atoms in total. The summed E-state index contributed by atoms with van der Waals surface area (Å²) in [5.74, 6) is 0.574. The number of carbonyl (C=O) groups is 1. The van der Waals surface area contributed by atoms with Gasteiger partial charge >= 0.3 is 0 Å². The topological polar surface area (TPSA) is 95.7 Å². The zero-order chi connectivity index (χ0) is 14.4. The Morgan fingerprint density at radius 1 is 1.45 bits per heavy atom. The number of hydrogen-bond acceptors (Lipinski definition) is 5. The lowest BCUT2D eigenvalue weighted by Gasteiger charge is -2.03. The predicted octanol–water partition coefficient (Wildman–Crippen LogP) is 1.24. The summed E-state index contributed by atoms with van der Waals surface area (Å²) in [6.07, 6.45) is 0.641. The fourth-order valence-corrected chi connectivity index (χ4v) is 2.21. The number of halogens is 1. The first-order chi connectivity index (χ1) is 9.67. The normalized spacial score (nSPS) is 10.5. The van der Waals surface area contributed by atoms with Crippen molar-refractivity contribution in [3.63, 3.8) is 0 Å². The summed E-state index contributed by atoms with van der Waals surface area (Å²) < 4.78 is 5.34. The predicted molar refractivity (Wildman–Crippen MR) is 76.6 cm³/mol. The van der Waals surface area contributed by atoms with Crippen LogP contribution >= 0.6 is 23.4 Å². The van der Waals surface area contributed by atoms with Crippen LogP contribution in [0.1, 0.15) is 5.89 Å². The van der Waals surface area contributed by atoms with Crippen LogP contribution in [0.25, 0.3) is 0 Å². The summed E-state index contributed by atoms with van der Waals surface area (Å²) in [4.78, 5) is 11.8. The smallest absolute Gasteiger partial charge is 0.277 e. The Balaban J connectivity index is 1.82. The van der Waals surface area contributed by atoms with E-state index >= 15 is 0 Å². The van der Waals surface area contributed by atoms with E-state index < -0.39 is 0 Å². The van der Waals surface area contributed by atoms with Crippen molar-refractivity contribution in [1.29, 1.82) is 0 Å². The zero-order valence-electron chi connectivity index (χ0n) is 10.6. The third-order valence-electron chi connectivity index (χ3n) is 2.27. The number of anilines is 1. The van der Waals surface area contributed by atoms with E-state index in [0.717, 1.165) is 0 Å². The molecule has 0 unspecified atom stereocenters. The van der Waals surface area contributed by atoms with Gasteiger partial charge in [-0.3, -0.25) is 4.79 Å². The molecule has 1 aromatic carbocycles. The second-order valence-corrected chi connectivity index (χ2v) is 5.28. The van der Waals surface area contributed by atoms with E-state index in [9.17, 15) is 4.79 Å². The Hall–Kier alpha value is -1.57. The summed E-state index contributed by atoms with van der Waals surface area (Å²) in [7, 11) is 0. The monoisotopic (exact) mass is 313 g/mol. The molecule has 2 aromatic rings. The number of rotatable bonds is 6. The van der Waals surface area contributed by atoms with E-state index in [1.807, 2.05) is 0 Å². The minimum atomic E-state index is -0.158. The number of quaternary nitrogens is 1. The highest BCUT2D eigenvalue weighted by atomic mass is 35.5. The highest BCUT2D eigenvalue weighted by Crippen LogP contribution is 2.18. The van der Waals surface area contributed by atoms with E-state index in [4.69, 9.17) is 16.0 Å². The summed E-state index contributed by atoms with van der Waals surface area (Å²) in [5, 5.41) is 11.4. The summed E-state index contributed by atoms with van der Waals surface area (Å²) in [5.41, 5.74) is 4.37. The second-order valence-electron chi connectivity index (χ2n) is 3.91. The average molecular weight is 314 g/mol. The molecule has 0 aliphatic carbocycles. The first-order valence-electron chi connectivity index (χ1n) is 5.97. The number of nitrogens with zero attached hydrogens (tertiary/aromatic N) is 2. The molecule has 106 valence electrons. The van der Waals surface area contributed by atoms with Gasteiger partial charge in [0, 0.05) is 10.7 Å². The lowest BCUT2D eigenvalue weighted by molar-refractivity contribution is -0.367. The number of carbonyl (C=O) groups excluding carboxylic acids is 1. The Morgan fingerprint density at radius 3 is 3.05 bits per heavy atom. The van der Waals surface area contributed by atoms with Crippen LogP contribution in [-0.4, -0.2) is 28.4 Å². The average Bonchev–Trinajstić information content (AvgIpc) is 2.85. The van der Waals surface area contributed by atoms with Crippen LogP contribution < -0.4 is 11.1 Å². The van der Waals surface area contributed by atoms with Crippen LogP contribution in [0, 0.1) is 0 Å². The van der Waals surface area contributed by atoms with E-state index in [0.29, 0.717) is 34.8 Å². The van der Waals surface area contributed by atoms with Gasteiger partial charge in [-0.05, 0) is 18.2 Å². The summed E-state index contributed by atoms with van der Waals surface area (Å²) in [6, 6.07) is 6.97. The van der Waals surface area contributed by atoms with Gasteiger partial charge in [-0.2, -0.15) is 0 Å². The number of hydrogen-bond donors (Lipinski definition) is 2. The SMILES string of the molecule is [NH3+]CCc1nnc(SCC(=O)Nc2cccc(Cl)c2)o1. The number of amides is 1. The molecule has 1 aromatic heterocycles. The quantitative estimate of drug-likeness (QED) is 0.782. The maximum atomic E-state index is 11.8. The van der Waals surface area contributed by atoms with Gasteiger partial charge < -0.3 is 15.5 Å². The van der Waals surface area contributed by atoms with Crippen LogP contribution in [0.4, 0.5) is 5.69 Å². The number of thioether (sulfide) groups is 1. The van der Waals surface area contributed by atoms with Crippen LogP contribution in [0.15, 0.2) is 33.9 Å². The van der Waals surface area contributed by atoms with E-state index in [1.54, 1.807) is 24.3 Å². The third kappa shape index (κ3) is 4.52. The molecule has 0 spiro atoms. The largest absolute Gasteiger partial charge is 0.416 e. The molecular formula is C12H14ClN4O2S+. The van der Waals surface area contributed by atoms with Gasteiger partial charge in [0.25, 0.3) is 5.22 Å². The van der Waals surface area contributed by atoms with Crippen LogP contribution in [0.5, 0.6) is 0 Å². The highest BCUT2D eigenvalue weighted by Gasteiger charge is 2.10. The summed E-state index contributed by atoms with van der Waals surface area (Å²) >= 11 is 7.03. The second kappa shape index (κ2) is 7.28. The van der Waals surface area contributed by atoms with Gasteiger partial charge in [0.1, 0.15) is 0 Å². The van der Waals surface area contributed by atoms with Crippen LogP contribution in [0.2, 0.25) is 5.02 Å². The van der Waals surface area contributed by atoms with Gasteiger partial charge in [0.2, 0.25) is 11.8 Å². The fourth-order valence-electron chi connectivity index (χ4n) is 1.44. The number of aromatic nitrogens is 2. The fraction of sp³-hybridized carbons (Fsp3) is 0.250. The van der Waals surface area contributed by atoms with E-state index in [-0.39, 0.29) is 11.7 Å².